The van der Waals surface area contributed by atoms with E-state index in [-0.39, 0.29) is 5.91 Å². The molecule has 0 saturated carbocycles. The number of fused-ring (bicyclic) bond motifs is 1. The molecule has 4 nitrogen and oxygen atoms in total. The number of aryl methyl sites for hydroxylation is 3. The Balaban J connectivity index is 1.51. The predicted octanol–water partition coefficient (Wildman–Crippen LogP) is 4.56. The highest BCUT2D eigenvalue weighted by Crippen LogP contribution is 2.29. The van der Waals surface area contributed by atoms with Crippen molar-refractivity contribution in [2.24, 2.45) is 0 Å². The van der Waals surface area contributed by atoms with Crippen LogP contribution < -0.4 is 4.90 Å². The van der Waals surface area contributed by atoms with E-state index in [1.807, 2.05) is 29.3 Å². The SMILES string of the molecule is Cc1ccc(-n2ccnc2SCC(=O)N2CCCc3ccccc32)c(C)c1. The molecule has 0 bridgehead atoms. The zero-order valence-electron chi connectivity index (χ0n) is 15.7. The van der Waals surface area contributed by atoms with Crippen LogP contribution in [0.3, 0.4) is 0 Å². The zero-order chi connectivity index (χ0) is 18.8. The highest BCUT2D eigenvalue weighted by molar-refractivity contribution is 7.99. The van der Waals surface area contributed by atoms with E-state index in [1.54, 1.807) is 6.20 Å². The van der Waals surface area contributed by atoms with Crippen LogP contribution in [0.4, 0.5) is 5.69 Å². The molecule has 0 unspecified atom stereocenters. The summed E-state index contributed by atoms with van der Waals surface area (Å²) < 4.78 is 2.07. The van der Waals surface area contributed by atoms with Crippen molar-refractivity contribution in [2.45, 2.75) is 31.8 Å². The van der Waals surface area contributed by atoms with Gasteiger partial charge in [-0.2, -0.15) is 0 Å². The average molecular weight is 378 g/mol. The third kappa shape index (κ3) is 3.65. The molecule has 0 fully saturated rings. The molecule has 1 aliphatic heterocycles. The van der Waals surface area contributed by atoms with E-state index in [0.717, 1.165) is 35.9 Å². The van der Waals surface area contributed by atoms with Crippen LogP contribution in [0.1, 0.15) is 23.1 Å². The summed E-state index contributed by atoms with van der Waals surface area (Å²) in [5.74, 6) is 0.526. The maximum atomic E-state index is 12.9. The van der Waals surface area contributed by atoms with E-state index in [0.29, 0.717) is 5.75 Å². The Bertz CT molecular complexity index is 979. The van der Waals surface area contributed by atoms with Gasteiger partial charge in [0.05, 0.1) is 11.4 Å². The fourth-order valence-electron chi connectivity index (χ4n) is 3.65. The summed E-state index contributed by atoms with van der Waals surface area (Å²) in [5, 5.41) is 0.848. The Kier molecular flexibility index (Phi) is 5.03. The molecule has 4 rings (SSSR count). The van der Waals surface area contributed by atoms with Crippen molar-refractivity contribution in [1.82, 2.24) is 9.55 Å². The molecule has 0 atom stereocenters. The van der Waals surface area contributed by atoms with Crippen LogP contribution in [0, 0.1) is 13.8 Å². The highest BCUT2D eigenvalue weighted by Gasteiger charge is 2.22. The molecule has 1 aliphatic rings. The fraction of sp³-hybridized carbons (Fsp3) is 0.273. The van der Waals surface area contributed by atoms with E-state index < -0.39 is 0 Å². The maximum Gasteiger partial charge on any atom is 0.237 e. The number of rotatable bonds is 4. The number of aromatic nitrogens is 2. The topological polar surface area (TPSA) is 38.1 Å². The molecule has 2 aromatic carbocycles. The number of hydrogen-bond donors (Lipinski definition) is 0. The van der Waals surface area contributed by atoms with Gasteiger partial charge < -0.3 is 4.90 Å². The molecule has 0 aliphatic carbocycles. The molecular weight excluding hydrogens is 354 g/mol. The monoisotopic (exact) mass is 377 g/mol. The molecule has 0 N–H and O–H groups in total. The lowest BCUT2D eigenvalue weighted by atomic mass is 10.0. The van der Waals surface area contributed by atoms with E-state index in [4.69, 9.17) is 0 Å². The number of nitrogens with zero attached hydrogens (tertiary/aromatic N) is 3. The van der Waals surface area contributed by atoms with E-state index in [2.05, 4.69) is 47.7 Å². The van der Waals surface area contributed by atoms with Crippen LogP contribution >= 0.6 is 11.8 Å². The number of thioether (sulfide) groups is 1. The summed E-state index contributed by atoms with van der Waals surface area (Å²) in [7, 11) is 0. The van der Waals surface area contributed by atoms with E-state index in [9.17, 15) is 4.79 Å². The molecular formula is C22H23N3OS. The zero-order valence-corrected chi connectivity index (χ0v) is 16.5. The number of benzene rings is 2. The maximum absolute atomic E-state index is 12.9. The number of anilines is 1. The second-order valence-corrected chi connectivity index (χ2v) is 7.88. The summed E-state index contributed by atoms with van der Waals surface area (Å²) in [6.07, 6.45) is 5.82. The minimum atomic E-state index is 0.141. The average Bonchev–Trinajstić information content (AvgIpc) is 3.14. The summed E-state index contributed by atoms with van der Waals surface area (Å²) in [6.45, 7) is 4.99. The number of para-hydroxylation sites is 1. The van der Waals surface area contributed by atoms with Gasteiger partial charge in [0.2, 0.25) is 5.91 Å². The molecule has 5 heteroatoms. The lowest BCUT2D eigenvalue weighted by Crippen LogP contribution is -2.36. The smallest absolute Gasteiger partial charge is 0.237 e. The van der Waals surface area contributed by atoms with E-state index in [1.165, 1.54) is 28.5 Å². The first-order chi connectivity index (χ1) is 13.1. The molecule has 1 amide bonds. The van der Waals surface area contributed by atoms with Gasteiger partial charge in [0.15, 0.2) is 5.16 Å². The lowest BCUT2D eigenvalue weighted by molar-refractivity contribution is -0.116. The summed E-state index contributed by atoms with van der Waals surface area (Å²) >= 11 is 1.50. The second-order valence-electron chi connectivity index (χ2n) is 6.94. The van der Waals surface area contributed by atoms with Crippen LogP contribution in [0.2, 0.25) is 0 Å². The molecule has 0 radical (unpaired) electrons. The van der Waals surface area contributed by atoms with Gasteiger partial charge in [-0.05, 0) is 49.9 Å². The van der Waals surface area contributed by atoms with Gasteiger partial charge in [-0.15, -0.1) is 0 Å². The van der Waals surface area contributed by atoms with Gasteiger partial charge in [-0.1, -0.05) is 47.7 Å². The molecule has 3 aromatic rings. The fourth-order valence-corrected chi connectivity index (χ4v) is 4.49. The first-order valence-electron chi connectivity index (χ1n) is 9.25. The van der Waals surface area contributed by atoms with Gasteiger partial charge in [0.1, 0.15) is 0 Å². The van der Waals surface area contributed by atoms with Crippen molar-refractivity contribution in [2.75, 3.05) is 17.2 Å². The Labute approximate surface area is 164 Å². The Hall–Kier alpha value is -2.53. The van der Waals surface area contributed by atoms with Crippen molar-refractivity contribution in [3.63, 3.8) is 0 Å². The summed E-state index contributed by atoms with van der Waals surface area (Å²) in [4.78, 5) is 19.3. The third-order valence-electron chi connectivity index (χ3n) is 4.95. The largest absolute Gasteiger partial charge is 0.311 e. The second kappa shape index (κ2) is 7.61. The molecule has 0 saturated heterocycles. The minimum Gasteiger partial charge on any atom is -0.311 e. The van der Waals surface area contributed by atoms with Gasteiger partial charge >= 0.3 is 0 Å². The third-order valence-corrected chi connectivity index (χ3v) is 5.91. The van der Waals surface area contributed by atoms with Gasteiger partial charge in [-0.3, -0.25) is 9.36 Å². The van der Waals surface area contributed by atoms with Gasteiger partial charge in [0.25, 0.3) is 0 Å². The molecule has 27 heavy (non-hydrogen) atoms. The first kappa shape index (κ1) is 17.9. The predicted molar refractivity (Wildman–Crippen MR) is 111 cm³/mol. The van der Waals surface area contributed by atoms with Crippen molar-refractivity contribution < 1.29 is 4.79 Å². The number of amides is 1. The number of carbonyl (C=O) groups excluding carboxylic acids is 1. The van der Waals surface area contributed by atoms with Crippen molar-refractivity contribution >= 4 is 23.4 Å². The van der Waals surface area contributed by atoms with E-state index >= 15 is 0 Å². The van der Waals surface area contributed by atoms with Crippen LogP contribution in [0.15, 0.2) is 60.0 Å². The lowest BCUT2D eigenvalue weighted by Gasteiger charge is -2.29. The Morgan fingerprint density at radius 1 is 1.15 bits per heavy atom. The number of hydrogen-bond acceptors (Lipinski definition) is 3. The Morgan fingerprint density at radius 3 is 2.85 bits per heavy atom. The van der Waals surface area contributed by atoms with Crippen LogP contribution in [0.25, 0.3) is 5.69 Å². The molecule has 1 aromatic heterocycles. The molecule has 0 spiro atoms. The molecule has 2 heterocycles. The quantitative estimate of drug-likeness (QED) is 0.626. The highest BCUT2D eigenvalue weighted by atomic mass is 32.2. The van der Waals surface area contributed by atoms with Crippen LogP contribution in [-0.4, -0.2) is 27.8 Å². The number of carbonyl (C=O) groups is 1. The summed E-state index contributed by atoms with van der Waals surface area (Å²) in [6, 6.07) is 14.6. The van der Waals surface area contributed by atoms with Gasteiger partial charge in [-0.25, -0.2) is 4.98 Å². The molecule has 138 valence electrons. The van der Waals surface area contributed by atoms with Crippen molar-refractivity contribution in [3.8, 4) is 5.69 Å². The standard InChI is InChI=1S/C22H23N3OS/c1-16-9-10-19(17(2)14-16)25-13-11-23-22(25)27-15-21(26)24-12-5-7-18-6-3-4-8-20(18)24/h3-4,6,8-11,13-14H,5,7,12,15H2,1-2H3. The van der Waals surface area contributed by atoms with Crippen molar-refractivity contribution in [3.05, 3.63) is 71.5 Å². The Morgan fingerprint density at radius 2 is 2.00 bits per heavy atom. The first-order valence-corrected chi connectivity index (χ1v) is 10.2. The number of imidazole rings is 1. The normalized spacial score (nSPS) is 13.5. The minimum absolute atomic E-state index is 0.141. The summed E-state index contributed by atoms with van der Waals surface area (Å²) in [5.41, 5.74) is 5.87. The van der Waals surface area contributed by atoms with Gasteiger partial charge in [0, 0.05) is 24.6 Å². The van der Waals surface area contributed by atoms with Crippen LogP contribution in [0.5, 0.6) is 0 Å². The van der Waals surface area contributed by atoms with Crippen molar-refractivity contribution in [1.29, 1.82) is 0 Å². The van der Waals surface area contributed by atoms with Crippen LogP contribution in [-0.2, 0) is 11.2 Å².